The molecule has 1 aliphatic carbocycles. The average molecular weight is 452 g/mol. The molecule has 1 aromatic heterocycles. The van der Waals surface area contributed by atoms with Gasteiger partial charge in [0.25, 0.3) is 5.91 Å². The number of aromatic nitrogens is 2. The summed E-state index contributed by atoms with van der Waals surface area (Å²) in [6, 6.07) is 6.16. The summed E-state index contributed by atoms with van der Waals surface area (Å²) in [6.45, 7) is 5.14. The van der Waals surface area contributed by atoms with Gasteiger partial charge < -0.3 is 27.0 Å². The second-order valence-corrected chi connectivity index (χ2v) is 9.29. The second-order valence-electron chi connectivity index (χ2n) is 9.29. The number of primary amides is 1. The highest BCUT2D eigenvalue weighted by Gasteiger charge is 2.24. The van der Waals surface area contributed by atoms with Crippen molar-refractivity contribution in [1.82, 2.24) is 14.9 Å². The summed E-state index contributed by atoms with van der Waals surface area (Å²) >= 11 is 0. The topological polar surface area (TPSA) is 139 Å². The second kappa shape index (κ2) is 9.74. The zero-order valence-corrected chi connectivity index (χ0v) is 19.3. The fourth-order valence-electron chi connectivity index (χ4n) is 4.56. The Morgan fingerprint density at radius 1 is 1.18 bits per heavy atom. The van der Waals surface area contributed by atoms with Crippen molar-refractivity contribution in [1.29, 1.82) is 0 Å². The number of rotatable bonds is 6. The zero-order valence-electron chi connectivity index (χ0n) is 19.3. The fourth-order valence-corrected chi connectivity index (χ4v) is 4.56. The lowest BCUT2D eigenvalue weighted by Gasteiger charge is -2.30. The van der Waals surface area contributed by atoms with Crippen molar-refractivity contribution in [3.63, 3.8) is 0 Å². The molecule has 2 heterocycles. The summed E-state index contributed by atoms with van der Waals surface area (Å²) in [5, 5.41) is 6.55. The number of carbonyl (C=O) groups is 2. The Morgan fingerprint density at radius 3 is 2.70 bits per heavy atom. The monoisotopic (exact) mass is 451 g/mol. The van der Waals surface area contributed by atoms with Gasteiger partial charge in [0.15, 0.2) is 0 Å². The van der Waals surface area contributed by atoms with E-state index >= 15 is 0 Å². The Balaban J connectivity index is 1.56. The summed E-state index contributed by atoms with van der Waals surface area (Å²) in [5.74, 6) is 0.273. The summed E-state index contributed by atoms with van der Waals surface area (Å²) in [5.41, 5.74) is 15.1. The molecule has 2 aliphatic rings. The Labute approximate surface area is 194 Å². The van der Waals surface area contributed by atoms with Crippen LogP contribution in [0.25, 0.3) is 0 Å². The van der Waals surface area contributed by atoms with Gasteiger partial charge in [0.05, 0.1) is 0 Å². The number of anilines is 3. The van der Waals surface area contributed by atoms with Gasteiger partial charge >= 0.3 is 0 Å². The molecule has 33 heavy (non-hydrogen) atoms. The van der Waals surface area contributed by atoms with Crippen LogP contribution in [0.4, 0.5) is 17.5 Å². The van der Waals surface area contributed by atoms with Gasteiger partial charge in [-0.2, -0.15) is 4.98 Å². The van der Waals surface area contributed by atoms with E-state index < -0.39 is 5.91 Å². The van der Waals surface area contributed by atoms with Crippen LogP contribution in [-0.4, -0.2) is 45.3 Å². The molecule has 1 aromatic carbocycles. The van der Waals surface area contributed by atoms with Crippen molar-refractivity contribution < 1.29 is 9.59 Å². The molecule has 6 N–H and O–H groups in total. The van der Waals surface area contributed by atoms with Gasteiger partial charge in [-0.3, -0.25) is 9.59 Å². The third-order valence-electron chi connectivity index (χ3n) is 6.47. The van der Waals surface area contributed by atoms with Crippen LogP contribution in [0.5, 0.6) is 0 Å². The van der Waals surface area contributed by atoms with Crippen LogP contribution >= 0.6 is 0 Å². The lowest BCUT2D eigenvalue weighted by atomic mass is 9.91. The zero-order chi connectivity index (χ0) is 23.5. The molecule has 2 aromatic rings. The molecule has 0 unspecified atom stereocenters. The Hall–Kier alpha value is -3.20. The maximum absolute atomic E-state index is 12.5. The summed E-state index contributed by atoms with van der Waals surface area (Å²) in [4.78, 5) is 35.2. The van der Waals surface area contributed by atoms with Crippen molar-refractivity contribution in [3.05, 3.63) is 41.1 Å². The first-order chi connectivity index (χ1) is 15.8. The maximum Gasteiger partial charge on any atom is 0.254 e. The van der Waals surface area contributed by atoms with E-state index in [2.05, 4.69) is 26.7 Å². The third kappa shape index (κ3) is 5.24. The highest BCUT2D eigenvalue weighted by atomic mass is 16.2. The van der Waals surface area contributed by atoms with Gasteiger partial charge in [0.1, 0.15) is 11.4 Å². The van der Waals surface area contributed by atoms with Crippen LogP contribution in [0.2, 0.25) is 0 Å². The molecule has 0 saturated heterocycles. The summed E-state index contributed by atoms with van der Waals surface area (Å²) < 4.78 is 0. The maximum atomic E-state index is 12.5. The molecule has 0 bridgehead atoms. The largest absolute Gasteiger partial charge is 0.365 e. The number of fused-ring (bicyclic) bond motifs is 1. The van der Waals surface area contributed by atoms with Crippen molar-refractivity contribution in [2.75, 3.05) is 17.2 Å². The molecule has 9 nitrogen and oxygen atoms in total. The van der Waals surface area contributed by atoms with Crippen molar-refractivity contribution in [3.8, 4) is 0 Å². The number of hydrogen-bond donors (Lipinski definition) is 4. The summed E-state index contributed by atoms with van der Waals surface area (Å²) in [6.07, 6.45) is 6.43. The van der Waals surface area contributed by atoms with E-state index in [1.165, 1.54) is 11.8 Å². The van der Waals surface area contributed by atoms with Crippen LogP contribution in [0.1, 0.15) is 61.0 Å². The van der Waals surface area contributed by atoms with E-state index in [4.69, 9.17) is 11.5 Å². The predicted octanol–water partition coefficient (Wildman–Crippen LogP) is 2.54. The molecule has 1 saturated carbocycles. The molecule has 9 heteroatoms. The molecular weight excluding hydrogens is 418 g/mol. The Bertz CT molecular complexity index is 1040. The molecule has 2 atom stereocenters. The number of carbonyl (C=O) groups excluding carboxylic acids is 2. The first kappa shape index (κ1) is 23.0. The SMILES string of the molecule is CC(C)C(=O)N1CCc2ccc(Nc3nc(N[C@@H]4CCCC[C@@H]4N)ncc3C(N)=O)cc2C1. The molecule has 0 radical (unpaired) electrons. The lowest BCUT2D eigenvalue weighted by Crippen LogP contribution is -2.43. The standard InChI is InChI=1S/C24H33N7O2/c1-14(2)23(33)31-10-9-15-7-8-17(11-16(15)13-31)28-22-18(21(26)32)12-27-24(30-22)29-20-6-4-3-5-19(20)25/h7-8,11-12,14,19-20H,3-6,9-10,13,25H2,1-2H3,(H2,26,32)(H2,27,28,29,30)/t19-,20+/m0/s1. The van der Waals surface area contributed by atoms with Crippen LogP contribution < -0.4 is 22.1 Å². The van der Waals surface area contributed by atoms with Gasteiger partial charge in [-0.15, -0.1) is 0 Å². The fraction of sp³-hybridized carbons (Fsp3) is 0.500. The molecule has 0 spiro atoms. The number of amides is 2. The smallest absolute Gasteiger partial charge is 0.254 e. The number of nitrogens with two attached hydrogens (primary N) is 2. The molecule has 1 aliphatic heterocycles. The molecule has 1 fully saturated rings. The molecule has 4 rings (SSSR count). The number of benzene rings is 1. The van der Waals surface area contributed by atoms with Gasteiger partial charge in [-0.1, -0.05) is 32.8 Å². The van der Waals surface area contributed by atoms with Gasteiger partial charge in [0, 0.05) is 43.0 Å². The van der Waals surface area contributed by atoms with Gasteiger partial charge in [-0.05, 0) is 42.5 Å². The number of nitrogens with one attached hydrogen (secondary N) is 2. The normalized spacial score (nSPS) is 20.3. The van der Waals surface area contributed by atoms with Crippen molar-refractivity contribution in [2.45, 2.75) is 64.6 Å². The number of hydrogen-bond acceptors (Lipinski definition) is 7. The van der Waals surface area contributed by atoms with Crippen molar-refractivity contribution >= 4 is 29.3 Å². The quantitative estimate of drug-likeness (QED) is 0.529. The molecule has 176 valence electrons. The van der Waals surface area contributed by atoms with Crippen LogP contribution in [0.3, 0.4) is 0 Å². The van der Waals surface area contributed by atoms with E-state index in [1.807, 2.05) is 30.9 Å². The molecular formula is C24H33N7O2. The van der Waals surface area contributed by atoms with E-state index in [0.717, 1.165) is 49.9 Å². The highest BCUT2D eigenvalue weighted by molar-refractivity contribution is 5.98. The first-order valence-electron chi connectivity index (χ1n) is 11.7. The van der Waals surface area contributed by atoms with Gasteiger partial charge in [-0.25, -0.2) is 4.98 Å². The van der Waals surface area contributed by atoms with E-state index in [9.17, 15) is 9.59 Å². The molecule has 2 amide bonds. The lowest BCUT2D eigenvalue weighted by molar-refractivity contribution is -0.135. The van der Waals surface area contributed by atoms with Gasteiger partial charge in [0.2, 0.25) is 11.9 Å². The van der Waals surface area contributed by atoms with E-state index in [1.54, 1.807) is 0 Å². The Kier molecular flexibility index (Phi) is 6.78. The van der Waals surface area contributed by atoms with Crippen molar-refractivity contribution in [2.24, 2.45) is 17.4 Å². The van der Waals surface area contributed by atoms with E-state index in [0.29, 0.717) is 18.3 Å². The predicted molar refractivity (Wildman–Crippen MR) is 128 cm³/mol. The van der Waals surface area contributed by atoms with Crippen LogP contribution in [0, 0.1) is 5.92 Å². The highest BCUT2D eigenvalue weighted by Crippen LogP contribution is 2.27. The third-order valence-corrected chi connectivity index (χ3v) is 6.47. The summed E-state index contributed by atoms with van der Waals surface area (Å²) in [7, 11) is 0. The average Bonchev–Trinajstić information content (AvgIpc) is 2.79. The minimum absolute atomic E-state index is 0.0322. The van der Waals surface area contributed by atoms with E-state index in [-0.39, 0.29) is 29.5 Å². The Morgan fingerprint density at radius 2 is 1.97 bits per heavy atom. The number of nitrogens with zero attached hydrogens (tertiary/aromatic N) is 3. The van der Waals surface area contributed by atoms with Crippen LogP contribution in [-0.2, 0) is 17.8 Å². The van der Waals surface area contributed by atoms with Crippen LogP contribution in [0.15, 0.2) is 24.4 Å². The first-order valence-corrected chi connectivity index (χ1v) is 11.7. The minimum atomic E-state index is -0.606. The minimum Gasteiger partial charge on any atom is -0.365 e.